The summed E-state index contributed by atoms with van der Waals surface area (Å²) >= 11 is 5.65. The molecular formula is C13H12ClFN2O2. The molecule has 0 atom stereocenters. The van der Waals surface area contributed by atoms with Crippen molar-refractivity contribution in [2.45, 2.75) is 20.3 Å². The Kier molecular flexibility index (Phi) is 3.85. The quantitative estimate of drug-likeness (QED) is 0.936. The molecule has 0 saturated carbocycles. The van der Waals surface area contributed by atoms with Gasteiger partial charge in [0.25, 0.3) is 5.91 Å². The molecule has 2 rings (SSSR count). The Morgan fingerprint density at radius 2 is 2.26 bits per heavy atom. The van der Waals surface area contributed by atoms with E-state index in [0.29, 0.717) is 29.1 Å². The third-order valence-electron chi connectivity index (χ3n) is 2.66. The lowest BCUT2D eigenvalue weighted by molar-refractivity contribution is 0.102. The van der Waals surface area contributed by atoms with Crippen molar-refractivity contribution in [1.82, 2.24) is 5.16 Å². The summed E-state index contributed by atoms with van der Waals surface area (Å²) < 4.78 is 18.1. The second-order valence-electron chi connectivity index (χ2n) is 4.00. The first-order valence-corrected chi connectivity index (χ1v) is 6.12. The van der Waals surface area contributed by atoms with Crippen LogP contribution < -0.4 is 5.32 Å². The van der Waals surface area contributed by atoms with Crippen LogP contribution in [0.4, 0.5) is 10.1 Å². The molecule has 2 aromatic rings. The minimum atomic E-state index is -0.532. The van der Waals surface area contributed by atoms with Crippen LogP contribution in [0.1, 0.15) is 28.7 Å². The second-order valence-corrected chi connectivity index (χ2v) is 4.41. The number of benzene rings is 1. The summed E-state index contributed by atoms with van der Waals surface area (Å²) in [7, 11) is 0. The van der Waals surface area contributed by atoms with Gasteiger partial charge in [-0.1, -0.05) is 23.7 Å². The fourth-order valence-electron chi connectivity index (χ4n) is 1.72. The van der Waals surface area contributed by atoms with E-state index in [1.807, 2.05) is 6.92 Å². The van der Waals surface area contributed by atoms with Crippen LogP contribution in [0.15, 0.2) is 22.7 Å². The van der Waals surface area contributed by atoms with Crippen molar-refractivity contribution in [2.24, 2.45) is 0 Å². The number of amides is 1. The summed E-state index contributed by atoms with van der Waals surface area (Å²) in [6.45, 7) is 3.56. The number of nitrogens with zero attached hydrogens (tertiary/aromatic N) is 1. The van der Waals surface area contributed by atoms with E-state index < -0.39 is 5.82 Å². The minimum Gasteiger partial charge on any atom is -0.360 e. The number of hydrogen-bond acceptors (Lipinski definition) is 3. The third kappa shape index (κ3) is 2.76. The maximum Gasteiger partial charge on any atom is 0.261 e. The number of aryl methyl sites for hydroxylation is 2. The van der Waals surface area contributed by atoms with Crippen molar-refractivity contribution in [3.8, 4) is 0 Å². The lowest BCUT2D eigenvalue weighted by Crippen LogP contribution is -2.14. The van der Waals surface area contributed by atoms with E-state index in [4.69, 9.17) is 16.1 Å². The lowest BCUT2D eigenvalue weighted by atomic mass is 10.1. The normalized spacial score (nSPS) is 10.5. The Labute approximate surface area is 114 Å². The summed E-state index contributed by atoms with van der Waals surface area (Å²) in [5, 5.41) is 6.35. The summed E-state index contributed by atoms with van der Waals surface area (Å²) in [5.74, 6) is -0.364. The van der Waals surface area contributed by atoms with Crippen LogP contribution >= 0.6 is 11.6 Å². The summed E-state index contributed by atoms with van der Waals surface area (Å²) in [6, 6.07) is 3.98. The molecule has 100 valence electrons. The van der Waals surface area contributed by atoms with Crippen LogP contribution in [0.25, 0.3) is 0 Å². The smallest absolute Gasteiger partial charge is 0.261 e. The van der Waals surface area contributed by atoms with Gasteiger partial charge in [-0.3, -0.25) is 4.79 Å². The van der Waals surface area contributed by atoms with Crippen LogP contribution in [0.3, 0.4) is 0 Å². The highest BCUT2D eigenvalue weighted by molar-refractivity contribution is 6.31. The molecular weight excluding hydrogens is 271 g/mol. The lowest BCUT2D eigenvalue weighted by Gasteiger charge is -2.05. The Morgan fingerprint density at radius 3 is 2.89 bits per heavy atom. The number of hydrogen-bond donors (Lipinski definition) is 1. The van der Waals surface area contributed by atoms with Gasteiger partial charge in [-0.15, -0.1) is 0 Å². The predicted octanol–water partition coefficient (Wildman–Crippen LogP) is 3.59. The average Bonchev–Trinajstić information content (AvgIpc) is 2.75. The Morgan fingerprint density at radius 1 is 1.53 bits per heavy atom. The standard InChI is InChI=1S/C13H12ClFN2O2/c1-3-11-12(7(2)17-19-11)13(18)16-8-4-5-10(15)9(14)6-8/h4-6H,3H2,1-2H3,(H,16,18). The van der Waals surface area contributed by atoms with Crippen molar-refractivity contribution in [3.05, 3.63) is 46.1 Å². The molecule has 0 aliphatic rings. The van der Waals surface area contributed by atoms with Gasteiger partial charge in [-0.2, -0.15) is 0 Å². The number of rotatable bonds is 3. The average molecular weight is 283 g/mol. The van der Waals surface area contributed by atoms with E-state index in [2.05, 4.69) is 10.5 Å². The fourth-order valence-corrected chi connectivity index (χ4v) is 1.90. The van der Waals surface area contributed by atoms with Crippen LogP contribution in [0.2, 0.25) is 5.02 Å². The van der Waals surface area contributed by atoms with Crippen molar-refractivity contribution < 1.29 is 13.7 Å². The number of nitrogens with one attached hydrogen (secondary N) is 1. The van der Waals surface area contributed by atoms with E-state index in [1.165, 1.54) is 18.2 Å². The summed E-state index contributed by atoms with van der Waals surface area (Å²) in [4.78, 5) is 12.1. The highest BCUT2D eigenvalue weighted by atomic mass is 35.5. The predicted molar refractivity (Wildman–Crippen MR) is 70.0 cm³/mol. The Hall–Kier alpha value is -1.88. The molecule has 4 nitrogen and oxygen atoms in total. The second kappa shape index (κ2) is 5.40. The van der Waals surface area contributed by atoms with Gasteiger partial charge in [-0.25, -0.2) is 4.39 Å². The van der Waals surface area contributed by atoms with E-state index >= 15 is 0 Å². The molecule has 19 heavy (non-hydrogen) atoms. The van der Waals surface area contributed by atoms with Crippen LogP contribution in [-0.2, 0) is 6.42 Å². The minimum absolute atomic E-state index is 0.0458. The van der Waals surface area contributed by atoms with Crippen molar-refractivity contribution >= 4 is 23.2 Å². The van der Waals surface area contributed by atoms with Gasteiger partial charge in [-0.05, 0) is 25.1 Å². The zero-order chi connectivity index (χ0) is 14.0. The number of carbonyl (C=O) groups is 1. The molecule has 1 aromatic heterocycles. The van der Waals surface area contributed by atoms with Crippen LogP contribution in [0.5, 0.6) is 0 Å². The first kappa shape index (κ1) is 13.5. The van der Waals surface area contributed by atoms with E-state index in [-0.39, 0.29) is 10.9 Å². The first-order valence-electron chi connectivity index (χ1n) is 5.74. The van der Waals surface area contributed by atoms with Gasteiger partial charge < -0.3 is 9.84 Å². The van der Waals surface area contributed by atoms with Crippen molar-refractivity contribution in [1.29, 1.82) is 0 Å². The van der Waals surface area contributed by atoms with Gasteiger partial charge >= 0.3 is 0 Å². The van der Waals surface area contributed by atoms with Crippen molar-refractivity contribution in [3.63, 3.8) is 0 Å². The molecule has 0 aliphatic carbocycles. The molecule has 6 heteroatoms. The first-order chi connectivity index (χ1) is 9.02. The van der Waals surface area contributed by atoms with E-state index in [9.17, 15) is 9.18 Å². The number of aromatic nitrogens is 1. The third-order valence-corrected chi connectivity index (χ3v) is 2.95. The largest absolute Gasteiger partial charge is 0.360 e. The molecule has 0 aliphatic heterocycles. The van der Waals surface area contributed by atoms with Gasteiger partial charge in [0.05, 0.1) is 10.7 Å². The van der Waals surface area contributed by atoms with Crippen molar-refractivity contribution in [2.75, 3.05) is 5.32 Å². The Balaban J connectivity index is 2.25. The monoisotopic (exact) mass is 282 g/mol. The highest BCUT2D eigenvalue weighted by Gasteiger charge is 2.19. The van der Waals surface area contributed by atoms with Crippen LogP contribution in [0, 0.1) is 12.7 Å². The number of halogens is 2. The molecule has 0 radical (unpaired) electrons. The molecule has 1 aromatic carbocycles. The molecule has 1 N–H and O–H groups in total. The van der Waals surface area contributed by atoms with Gasteiger partial charge in [0.15, 0.2) is 0 Å². The molecule has 0 unspecified atom stereocenters. The van der Waals surface area contributed by atoms with E-state index in [1.54, 1.807) is 6.92 Å². The highest BCUT2D eigenvalue weighted by Crippen LogP contribution is 2.21. The molecule has 0 saturated heterocycles. The SMILES string of the molecule is CCc1onc(C)c1C(=O)Nc1ccc(F)c(Cl)c1. The van der Waals surface area contributed by atoms with Gasteiger partial charge in [0, 0.05) is 12.1 Å². The van der Waals surface area contributed by atoms with Gasteiger partial charge in [0.2, 0.25) is 0 Å². The molecule has 0 bridgehead atoms. The molecule has 0 spiro atoms. The van der Waals surface area contributed by atoms with Gasteiger partial charge in [0.1, 0.15) is 17.1 Å². The molecule has 0 fully saturated rings. The fraction of sp³-hybridized carbons (Fsp3) is 0.231. The Bertz CT molecular complexity index is 625. The molecule has 1 amide bonds. The van der Waals surface area contributed by atoms with E-state index in [0.717, 1.165) is 0 Å². The maximum absolute atomic E-state index is 13.0. The molecule has 1 heterocycles. The summed E-state index contributed by atoms with van der Waals surface area (Å²) in [6.07, 6.45) is 0.563. The zero-order valence-electron chi connectivity index (χ0n) is 10.5. The summed E-state index contributed by atoms with van der Waals surface area (Å²) in [5.41, 5.74) is 1.34. The van der Waals surface area contributed by atoms with Crippen LogP contribution in [-0.4, -0.2) is 11.1 Å². The maximum atomic E-state index is 13.0. The number of carbonyl (C=O) groups excluding carboxylic acids is 1. The zero-order valence-corrected chi connectivity index (χ0v) is 11.2. The number of anilines is 1. The topological polar surface area (TPSA) is 55.1 Å².